The molecule has 0 aliphatic carbocycles. The average Bonchev–Trinajstić information content (AvgIpc) is 2.69. The second-order valence-electron chi connectivity index (χ2n) is 4.56. The first-order valence-electron chi connectivity index (χ1n) is 5.64. The number of halogens is 1. The fourth-order valence-corrected chi connectivity index (χ4v) is 1.82. The van der Waals surface area contributed by atoms with Gasteiger partial charge in [-0.25, -0.2) is 9.37 Å². The number of benzene rings is 1. The summed E-state index contributed by atoms with van der Waals surface area (Å²) in [5, 5.41) is 0. The van der Waals surface area contributed by atoms with E-state index in [1.54, 1.807) is 29.2 Å². The molecule has 1 aromatic heterocycles. The van der Waals surface area contributed by atoms with Crippen LogP contribution in [0.15, 0.2) is 30.7 Å². The van der Waals surface area contributed by atoms with Crippen LogP contribution in [0.2, 0.25) is 0 Å². The van der Waals surface area contributed by atoms with Crippen molar-refractivity contribution in [2.24, 2.45) is 5.92 Å². The molecule has 0 amide bonds. The van der Waals surface area contributed by atoms with E-state index < -0.39 is 0 Å². The third-order valence-corrected chi connectivity index (χ3v) is 2.56. The van der Waals surface area contributed by atoms with Crippen LogP contribution in [-0.2, 0) is 6.42 Å². The summed E-state index contributed by atoms with van der Waals surface area (Å²) in [5.41, 5.74) is 7.68. The summed E-state index contributed by atoms with van der Waals surface area (Å²) >= 11 is 0. The van der Waals surface area contributed by atoms with Crippen LogP contribution in [0.25, 0.3) is 5.69 Å². The van der Waals surface area contributed by atoms with Crippen LogP contribution in [0.1, 0.15) is 19.5 Å². The fourth-order valence-electron chi connectivity index (χ4n) is 1.82. The maximum Gasteiger partial charge on any atom is 0.147 e. The Bertz CT molecular complexity index is 517. The molecule has 1 aromatic carbocycles. The van der Waals surface area contributed by atoms with E-state index in [-0.39, 0.29) is 5.82 Å². The van der Waals surface area contributed by atoms with Gasteiger partial charge in [0.25, 0.3) is 0 Å². The van der Waals surface area contributed by atoms with E-state index in [1.165, 1.54) is 6.07 Å². The second-order valence-corrected chi connectivity index (χ2v) is 4.56. The Labute approximate surface area is 100 Å². The van der Waals surface area contributed by atoms with E-state index in [0.717, 1.165) is 12.1 Å². The average molecular weight is 233 g/mol. The predicted molar refractivity (Wildman–Crippen MR) is 66.5 cm³/mol. The number of hydrogen-bond acceptors (Lipinski definition) is 2. The molecular formula is C13H16FN3. The van der Waals surface area contributed by atoms with Gasteiger partial charge in [0.2, 0.25) is 0 Å². The Morgan fingerprint density at radius 3 is 2.88 bits per heavy atom. The largest absolute Gasteiger partial charge is 0.399 e. The van der Waals surface area contributed by atoms with Gasteiger partial charge in [-0.2, -0.15) is 0 Å². The van der Waals surface area contributed by atoms with Crippen molar-refractivity contribution in [1.82, 2.24) is 9.55 Å². The van der Waals surface area contributed by atoms with Gasteiger partial charge in [0.1, 0.15) is 5.82 Å². The highest BCUT2D eigenvalue weighted by atomic mass is 19.1. The molecule has 0 atom stereocenters. The highest BCUT2D eigenvalue weighted by Gasteiger charge is 2.10. The first-order valence-corrected chi connectivity index (χ1v) is 5.64. The number of nitrogens with two attached hydrogens (primary N) is 1. The molecule has 4 heteroatoms. The van der Waals surface area contributed by atoms with Gasteiger partial charge in [0.05, 0.1) is 12.0 Å². The van der Waals surface area contributed by atoms with Gasteiger partial charge in [0, 0.05) is 17.6 Å². The van der Waals surface area contributed by atoms with Gasteiger partial charge in [-0.1, -0.05) is 13.8 Å². The summed E-state index contributed by atoms with van der Waals surface area (Å²) in [6.07, 6.45) is 4.24. The Morgan fingerprint density at radius 2 is 2.18 bits per heavy atom. The van der Waals surface area contributed by atoms with Crippen molar-refractivity contribution in [3.05, 3.63) is 42.2 Å². The fraction of sp³-hybridized carbons (Fsp3) is 0.308. The van der Waals surface area contributed by atoms with Crippen molar-refractivity contribution < 1.29 is 4.39 Å². The zero-order chi connectivity index (χ0) is 12.4. The molecular weight excluding hydrogens is 217 g/mol. The molecule has 0 aliphatic heterocycles. The zero-order valence-electron chi connectivity index (χ0n) is 10.0. The first-order chi connectivity index (χ1) is 8.08. The molecule has 2 aromatic rings. The Kier molecular flexibility index (Phi) is 3.13. The van der Waals surface area contributed by atoms with E-state index in [4.69, 9.17) is 5.73 Å². The third-order valence-electron chi connectivity index (χ3n) is 2.56. The summed E-state index contributed by atoms with van der Waals surface area (Å²) in [6, 6.07) is 4.56. The van der Waals surface area contributed by atoms with Crippen LogP contribution in [-0.4, -0.2) is 9.55 Å². The topological polar surface area (TPSA) is 43.8 Å². The zero-order valence-corrected chi connectivity index (χ0v) is 10.0. The molecule has 0 aliphatic rings. The quantitative estimate of drug-likeness (QED) is 0.828. The highest BCUT2D eigenvalue weighted by Crippen LogP contribution is 2.20. The maximum absolute atomic E-state index is 13.7. The lowest BCUT2D eigenvalue weighted by molar-refractivity contribution is 0.601. The highest BCUT2D eigenvalue weighted by molar-refractivity contribution is 5.49. The molecule has 0 bridgehead atoms. The molecule has 0 fully saturated rings. The van der Waals surface area contributed by atoms with Crippen molar-refractivity contribution in [3.63, 3.8) is 0 Å². The van der Waals surface area contributed by atoms with E-state index >= 15 is 0 Å². The van der Waals surface area contributed by atoms with Gasteiger partial charge in [-0.15, -0.1) is 0 Å². The standard InChI is InChI=1S/C13H16FN3/c1-9(2)5-11-7-16-8-17(11)13-6-10(15)3-4-12(13)14/h3-4,6-9H,5,15H2,1-2H3. The Morgan fingerprint density at radius 1 is 1.41 bits per heavy atom. The van der Waals surface area contributed by atoms with Gasteiger partial charge in [-0.05, 0) is 30.5 Å². The van der Waals surface area contributed by atoms with Crippen LogP contribution in [0.4, 0.5) is 10.1 Å². The summed E-state index contributed by atoms with van der Waals surface area (Å²) in [7, 11) is 0. The SMILES string of the molecule is CC(C)Cc1cncn1-c1cc(N)ccc1F. The van der Waals surface area contributed by atoms with Crippen LogP contribution in [0, 0.1) is 11.7 Å². The minimum atomic E-state index is -0.290. The lowest BCUT2D eigenvalue weighted by Gasteiger charge is -2.11. The van der Waals surface area contributed by atoms with Gasteiger partial charge in [0.15, 0.2) is 0 Å². The van der Waals surface area contributed by atoms with Crippen molar-refractivity contribution in [3.8, 4) is 5.69 Å². The van der Waals surface area contributed by atoms with E-state index in [0.29, 0.717) is 17.3 Å². The third kappa shape index (κ3) is 2.46. The number of aromatic nitrogens is 2. The summed E-state index contributed by atoms with van der Waals surface area (Å²) in [6.45, 7) is 4.24. The number of nitrogens with zero attached hydrogens (tertiary/aromatic N) is 2. The molecule has 0 saturated carbocycles. The predicted octanol–water partition coefficient (Wildman–Crippen LogP) is 2.79. The summed E-state index contributed by atoms with van der Waals surface area (Å²) in [4.78, 5) is 4.08. The number of anilines is 1. The summed E-state index contributed by atoms with van der Waals surface area (Å²) in [5.74, 6) is 0.205. The van der Waals surface area contributed by atoms with E-state index in [9.17, 15) is 4.39 Å². The first kappa shape index (κ1) is 11.6. The molecule has 0 unspecified atom stereocenters. The molecule has 90 valence electrons. The minimum absolute atomic E-state index is 0.290. The van der Waals surface area contributed by atoms with Crippen LogP contribution in [0.5, 0.6) is 0 Å². The van der Waals surface area contributed by atoms with Crippen LogP contribution >= 0.6 is 0 Å². The molecule has 1 heterocycles. The molecule has 0 saturated heterocycles. The second kappa shape index (κ2) is 4.57. The van der Waals surface area contributed by atoms with E-state index in [1.807, 2.05) is 0 Å². The van der Waals surface area contributed by atoms with Crippen LogP contribution in [0.3, 0.4) is 0 Å². The molecule has 3 nitrogen and oxygen atoms in total. The molecule has 0 radical (unpaired) electrons. The lowest BCUT2D eigenvalue weighted by Crippen LogP contribution is -2.05. The Hall–Kier alpha value is -1.84. The molecule has 2 rings (SSSR count). The van der Waals surface area contributed by atoms with Crippen molar-refractivity contribution in [2.45, 2.75) is 20.3 Å². The van der Waals surface area contributed by atoms with Gasteiger partial charge in [-0.3, -0.25) is 0 Å². The van der Waals surface area contributed by atoms with Crippen molar-refractivity contribution in [1.29, 1.82) is 0 Å². The summed E-state index contributed by atoms with van der Waals surface area (Å²) < 4.78 is 15.5. The number of rotatable bonds is 3. The molecule has 2 N–H and O–H groups in total. The number of nitrogen functional groups attached to an aromatic ring is 1. The van der Waals surface area contributed by atoms with Gasteiger partial charge < -0.3 is 10.3 Å². The number of imidazole rings is 1. The monoisotopic (exact) mass is 233 g/mol. The lowest BCUT2D eigenvalue weighted by atomic mass is 10.1. The van der Waals surface area contributed by atoms with Crippen molar-refractivity contribution >= 4 is 5.69 Å². The van der Waals surface area contributed by atoms with Crippen molar-refractivity contribution in [2.75, 3.05) is 5.73 Å². The van der Waals surface area contributed by atoms with Crippen LogP contribution < -0.4 is 5.73 Å². The normalized spacial score (nSPS) is 11.1. The van der Waals surface area contributed by atoms with Gasteiger partial charge >= 0.3 is 0 Å². The maximum atomic E-state index is 13.7. The molecule has 17 heavy (non-hydrogen) atoms. The van der Waals surface area contributed by atoms with E-state index in [2.05, 4.69) is 18.8 Å². The Balaban J connectivity index is 2.45. The smallest absolute Gasteiger partial charge is 0.147 e. The molecule has 0 spiro atoms. The number of hydrogen-bond donors (Lipinski definition) is 1. The minimum Gasteiger partial charge on any atom is -0.399 e.